The fourth-order valence-electron chi connectivity index (χ4n) is 3.20. The molecule has 21 heavy (non-hydrogen) atoms. The van der Waals surface area contributed by atoms with Gasteiger partial charge in [0.1, 0.15) is 5.75 Å². The van der Waals surface area contributed by atoms with Crippen LogP contribution in [0.5, 0.6) is 5.75 Å². The van der Waals surface area contributed by atoms with E-state index >= 15 is 0 Å². The summed E-state index contributed by atoms with van der Waals surface area (Å²) in [5, 5.41) is 22.8. The number of rotatable bonds is 6. The fourth-order valence-corrected chi connectivity index (χ4v) is 3.20. The Balaban J connectivity index is 1.88. The van der Waals surface area contributed by atoms with Crippen molar-refractivity contribution in [1.82, 2.24) is 5.32 Å². The molecular weight excluding hydrogens is 262 g/mol. The number of aliphatic hydroxyl groups excluding tert-OH is 1. The lowest BCUT2D eigenvalue weighted by molar-refractivity contribution is 0.148. The summed E-state index contributed by atoms with van der Waals surface area (Å²) in [6.45, 7) is 2.29. The van der Waals surface area contributed by atoms with Crippen LogP contribution in [0.2, 0.25) is 0 Å². The molecule has 2 rings (SSSR count). The van der Waals surface area contributed by atoms with Crippen LogP contribution in [0.1, 0.15) is 57.4 Å². The predicted octanol–water partition coefficient (Wildman–Crippen LogP) is 3.39. The monoisotopic (exact) mass is 291 g/mol. The molecule has 1 aromatic rings. The van der Waals surface area contributed by atoms with Crippen LogP contribution in [0, 0.1) is 0 Å². The van der Waals surface area contributed by atoms with Gasteiger partial charge in [0.25, 0.3) is 0 Å². The van der Waals surface area contributed by atoms with Crippen molar-refractivity contribution in [2.75, 3.05) is 6.61 Å². The smallest absolute Gasteiger partial charge is 0.115 e. The molecule has 1 aliphatic carbocycles. The average molecular weight is 291 g/mol. The van der Waals surface area contributed by atoms with Gasteiger partial charge in [0, 0.05) is 11.6 Å². The zero-order valence-corrected chi connectivity index (χ0v) is 13.1. The molecule has 0 aliphatic heterocycles. The Hall–Kier alpha value is -1.06. The molecule has 0 radical (unpaired) electrons. The SMILES string of the molecule is CC(CO)(CCc1ccc(O)cc1)NC1CCCCCC1. The van der Waals surface area contributed by atoms with E-state index < -0.39 is 0 Å². The van der Waals surface area contributed by atoms with Gasteiger partial charge in [0.05, 0.1) is 6.61 Å². The number of aromatic hydroxyl groups is 1. The number of nitrogens with one attached hydrogen (secondary N) is 1. The van der Waals surface area contributed by atoms with Crippen LogP contribution < -0.4 is 5.32 Å². The van der Waals surface area contributed by atoms with Crippen LogP contribution in [0.15, 0.2) is 24.3 Å². The first-order valence-corrected chi connectivity index (χ1v) is 8.28. The number of aliphatic hydroxyl groups is 1. The Labute approximate surface area is 128 Å². The quantitative estimate of drug-likeness (QED) is 0.704. The summed E-state index contributed by atoms with van der Waals surface area (Å²) in [6.07, 6.45) is 9.59. The maximum absolute atomic E-state index is 9.81. The number of hydrogen-bond donors (Lipinski definition) is 3. The zero-order valence-electron chi connectivity index (χ0n) is 13.1. The maximum Gasteiger partial charge on any atom is 0.115 e. The lowest BCUT2D eigenvalue weighted by atomic mass is 9.92. The van der Waals surface area contributed by atoms with Gasteiger partial charge in [0.15, 0.2) is 0 Å². The minimum Gasteiger partial charge on any atom is -0.508 e. The standard InChI is InChI=1S/C18H29NO2/c1-18(14-20,19-16-6-4-2-3-5-7-16)13-12-15-8-10-17(21)11-9-15/h8-11,16,19-21H,2-7,12-14H2,1H3. The maximum atomic E-state index is 9.81. The van der Waals surface area contributed by atoms with Crippen molar-refractivity contribution in [3.05, 3.63) is 29.8 Å². The van der Waals surface area contributed by atoms with Gasteiger partial charge in [-0.25, -0.2) is 0 Å². The minimum absolute atomic E-state index is 0.168. The molecule has 0 aromatic heterocycles. The van der Waals surface area contributed by atoms with E-state index in [0.717, 1.165) is 12.8 Å². The van der Waals surface area contributed by atoms with Crippen molar-refractivity contribution in [2.45, 2.75) is 69.9 Å². The third-order valence-electron chi connectivity index (χ3n) is 4.66. The van der Waals surface area contributed by atoms with E-state index in [1.807, 2.05) is 12.1 Å². The van der Waals surface area contributed by atoms with Crippen LogP contribution in [0.25, 0.3) is 0 Å². The summed E-state index contributed by atoms with van der Waals surface area (Å²) in [7, 11) is 0. The van der Waals surface area contributed by atoms with E-state index in [0.29, 0.717) is 11.8 Å². The van der Waals surface area contributed by atoms with Gasteiger partial charge in [-0.1, -0.05) is 37.8 Å². The fraction of sp³-hybridized carbons (Fsp3) is 0.667. The van der Waals surface area contributed by atoms with E-state index in [9.17, 15) is 10.2 Å². The summed E-state index contributed by atoms with van der Waals surface area (Å²) >= 11 is 0. The van der Waals surface area contributed by atoms with Gasteiger partial charge >= 0.3 is 0 Å². The van der Waals surface area contributed by atoms with Crippen molar-refractivity contribution in [3.63, 3.8) is 0 Å². The van der Waals surface area contributed by atoms with Crippen molar-refractivity contribution >= 4 is 0 Å². The molecule has 0 saturated heterocycles. The first-order chi connectivity index (χ1) is 10.1. The number of hydrogen-bond acceptors (Lipinski definition) is 3. The Morgan fingerprint density at radius 2 is 1.71 bits per heavy atom. The Bertz CT molecular complexity index is 410. The number of phenols is 1. The van der Waals surface area contributed by atoms with Crippen molar-refractivity contribution in [1.29, 1.82) is 0 Å². The summed E-state index contributed by atoms with van der Waals surface area (Å²) < 4.78 is 0. The van der Waals surface area contributed by atoms with Gasteiger partial charge in [0.2, 0.25) is 0 Å². The zero-order chi connectivity index (χ0) is 15.1. The predicted molar refractivity (Wildman–Crippen MR) is 86.5 cm³/mol. The third-order valence-corrected chi connectivity index (χ3v) is 4.66. The molecule has 1 saturated carbocycles. The van der Waals surface area contributed by atoms with E-state index in [1.54, 1.807) is 12.1 Å². The van der Waals surface area contributed by atoms with Gasteiger partial charge in [-0.05, 0) is 50.3 Å². The molecule has 1 unspecified atom stereocenters. The van der Waals surface area contributed by atoms with Gasteiger partial charge < -0.3 is 15.5 Å². The lowest BCUT2D eigenvalue weighted by Gasteiger charge is -2.33. The molecule has 1 aromatic carbocycles. The second kappa shape index (κ2) is 7.81. The molecule has 0 bridgehead atoms. The molecule has 3 heteroatoms. The van der Waals surface area contributed by atoms with E-state index in [1.165, 1.54) is 44.1 Å². The number of benzene rings is 1. The molecule has 1 aliphatic rings. The molecular formula is C18H29NO2. The molecule has 118 valence electrons. The van der Waals surface area contributed by atoms with Crippen LogP contribution in [-0.2, 0) is 6.42 Å². The van der Waals surface area contributed by atoms with E-state index in [-0.39, 0.29) is 12.1 Å². The van der Waals surface area contributed by atoms with Gasteiger partial charge in [-0.2, -0.15) is 0 Å². The molecule has 1 atom stereocenters. The van der Waals surface area contributed by atoms with Crippen LogP contribution in [0.4, 0.5) is 0 Å². The number of aryl methyl sites for hydroxylation is 1. The normalized spacial score (nSPS) is 19.9. The molecule has 0 heterocycles. The molecule has 1 fully saturated rings. The topological polar surface area (TPSA) is 52.5 Å². The summed E-state index contributed by atoms with van der Waals surface area (Å²) in [6, 6.07) is 7.91. The van der Waals surface area contributed by atoms with Crippen molar-refractivity contribution in [2.24, 2.45) is 0 Å². The highest BCUT2D eigenvalue weighted by molar-refractivity contribution is 5.26. The van der Waals surface area contributed by atoms with E-state index in [2.05, 4.69) is 12.2 Å². The second-order valence-electron chi connectivity index (χ2n) is 6.72. The first-order valence-electron chi connectivity index (χ1n) is 8.28. The third kappa shape index (κ3) is 5.33. The van der Waals surface area contributed by atoms with Crippen LogP contribution in [0.3, 0.4) is 0 Å². The largest absolute Gasteiger partial charge is 0.508 e. The Morgan fingerprint density at radius 1 is 1.10 bits per heavy atom. The molecule has 3 nitrogen and oxygen atoms in total. The average Bonchev–Trinajstić information content (AvgIpc) is 2.75. The molecule has 3 N–H and O–H groups in total. The highest BCUT2D eigenvalue weighted by Crippen LogP contribution is 2.22. The highest BCUT2D eigenvalue weighted by Gasteiger charge is 2.26. The van der Waals surface area contributed by atoms with Crippen molar-refractivity contribution < 1.29 is 10.2 Å². The van der Waals surface area contributed by atoms with Gasteiger partial charge in [-0.3, -0.25) is 0 Å². The van der Waals surface area contributed by atoms with Crippen LogP contribution in [-0.4, -0.2) is 28.4 Å². The summed E-state index contributed by atoms with van der Waals surface area (Å²) in [5.74, 6) is 0.306. The van der Waals surface area contributed by atoms with Crippen LogP contribution >= 0.6 is 0 Å². The van der Waals surface area contributed by atoms with Crippen molar-refractivity contribution in [3.8, 4) is 5.75 Å². The highest BCUT2D eigenvalue weighted by atomic mass is 16.3. The second-order valence-corrected chi connectivity index (χ2v) is 6.72. The number of phenolic OH excluding ortho intramolecular Hbond substituents is 1. The molecule has 0 spiro atoms. The summed E-state index contributed by atoms with van der Waals surface area (Å²) in [4.78, 5) is 0. The Morgan fingerprint density at radius 3 is 2.29 bits per heavy atom. The van der Waals surface area contributed by atoms with E-state index in [4.69, 9.17) is 0 Å². The summed E-state index contributed by atoms with van der Waals surface area (Å²) in [5.41, 5.74) is 0.988. The lowest BCUT2D eigenvalue weighted by Crippen LogP contribution is -2.51. The van der Waals surface area contributed by atoms with Gasteiger partial charge in [-0.15, -0.1) is 0 Å². The molecule has 0 amide bonds. The Kier molecular flexibility index (Phi) is 6.07. The minimum atomic E-state index is -0.215. The first kappa shape index (κ1) is 16.3.